The first kappa shape index (κ1) is 19.0. The summed E-state index contributed by atoms with van der Waals surface area (Å²) in [5.74, 6) is 0.622. The van der Waals surface area contributed by atoms with Crippen molar-refractivity contribution >= 4 is 22.4 Å². The Hall–Kier alpha value is -2.81. The smallest absolute Gasteiger partial charge is 0.265 e. The van der Waals surface area contributed by atoms with E-state index in [0.717, 1.165) is 28.6 Å². The van der Waals surface area contributed by atoms with Crippen molar-refractivity contribution in [2.45, 2.75) is 45.6 Å². The largest absolute Gasteiger partial charge is 0.480 e. The number of fused-ring (bicyclic) bond motifs is 1. The third-order valence-corrected chi connectivity index (χ3v) is 4.72. The van der Waals surface area contributed by atoms with Crippen molar-refractivity contribution in [2.75, 3.05) is 5.32 Å². The molecule has 0 spiro atoms. The predicted octanol–water partition coefficient (Wildman–Crippen LogP) is 5.98. The van der Waals surface area contributed by atoms with Gasteiger partial charge >= 0.3 is 0 Å². The van der Waals surface area contributed by atoms with Gasteiger partial charge in [0.15, 0.2) is 6.10 Å². The lowest BCUT2D eigenvalue weighted by Gasteiger charge is -2.18. The molecule has 3 heteroatoms. The van der Waals surface area contributed by atoms with Crippen molar-refractivity contribution in [2.24, 2.45) is 0 Å². The Morgan fingerprint density at radius 3 is 2.44 bits per heavy atom. The molecule has 140 valence electrons. The van der Waals surface area contributed by atoms with Crippen LogP contribution in [0.4, 0.5) is 5.69 Å². The standard InChI is InChI=1S/C24H27NO2/c1-3-5-9-18-14-16-20(17-15-18)25-24(26)22(4-2)27-23-13-8-11-19-10-6-7-12-21(19)23/h6-8,10-17,22H,3-5,9H2,1-2H3,(H,25,26)/t22-/m1/s1. The van der Waals surface area contributed by atoms with Crippen molar-refractivity contribution in [1.29, 1.82) is 0 Å². The summed E-state index contributed by atoms with van der Waals surface area (Å²) < 4.78 is 6.08. The summed E-state index contributed by atoms with van der Waals surface area (Å²) in [7, 11) is 0. The average molecular weight is 361 g/mol. The van der Waals surface area contributed by atoms with E-state index in [4.69, 9.17) is 4.74 Å². The van der Waals surface area contributed by atoms with E-state index in [1.807, 2.05) is 61.5 Å². The highest BCUT2D eigenvalue weighted by atomic mass is 16.5. The van der Waals surface area contributed by atoms with Gasteiger partial charge in [-0.2, -0.15) is 0 Å². The van der Waals surface area contributed by atoms with Gasteiger partial charge in [0.05, 0.1) is 0 Å². The maximum Gasteiger partial charge on any atom is 0.265 e. The molecule has 3 aromatic rings. The van der Waals surface area contributed by atoms with Crippen LogP contribution in [0.3, 0.4) is 0 Å². The van der Waals surface area contributed by atoms with E-state index >= 15 is 0 Å². The van der Waals surface area contributed by atoms with E-state index in [0.29, 0.717) is 6.42 Å². The van der Waals surface area contributed by atoms with E-state index in [1.54, 1.807) is 0 Å². The summed E-state index contributed by atoms with van der Waals surface area (Å²) in [5.41, 5.74) is 2.11. The second kappa shape index (κ2) is 9.22. The lowest BCUT2D eigenvalue weighted by molar-refractivity contribution is -0.122. The van der Waals surface area contributed by atoms with E-state index in [9.17, 15) is 4.79 Å². The Balaban J connectivity index is 1.68. The highest BCUT2D eigenvalue weighted by Gasteiger charge is 2.19. The molecule has 0 aliphatic rings. The first-order valence-corrected chi connectivity index (χ1v) is 9.75. The van der Waals surface area contributed by atoms with E-state index in [1.165, 1.54) is 18.4 Å². The van der Waals surface area contributed by atoms with Gasteiger partial charge in [0.1, 0.15) is 5.75 Å². The topological polar surface area (TPSA) is 38.3 Å². The van der Waals surface area contributed by atoms with Crippen molar-refractivity contribution in [1.82, 2.24) is 0 Å². The van der Waals surface area contributed by atoms with Gasteiger partial charge in [-0.05, 0) is 48.4 Å². The van der Waals surface area contributed by atoms with Crippen LogP contribution in [0.15, 0.2) is 66.7 Å². The lowest BCUT2D eigenvalue weighted by atomic mass is 10.1. The Labute approximate surface area is 161 Å². The van der Waals surface area contributed by atoms with E-state index in [2.05, 4.69) is 24.4 Å². The molecule has 0 bridgehead atoms. The molecule has 3 aromatic carbocycles. The predicted molar refractivity (Wildman–Crippen MR) is 112 cm³/mol. The number of hydrogen-bond acceptors (Lipinski definition) is 2. The molecule has 3 rings (SSSR count). The first-order valence-electron chi connectivity index (χ1n) is 9.75. The summed E-state index contributed by atoms with van der Waals surface area (Å²) in [4.78, 5) is 12.7. The van der Waals surface area contributed by atoms with Crippen molar-refractivity contribution in [3.63, 3.8) is 0 Å². The number of rotatable bonds is 8. The summed E-state index contributed by atoms with van der Waals surface area (Å²) in [6.45, 7) is 4.15. The van der Waals surface area contributed by atoms with Crippen LogP contribution in [-0.4, -0.2) is 12.0 Å². The number of carbonyl (C=O) groups is 1. The van der Waals surface area contributed by atoms with Crippen LogP contribution in [0, 0.1) is 0 Å². The van der Waals surface area contributed by atoms with Crippen LogP contribution in [-0.2, 0) is 11.2 Å². The van der Waals surface area contributed by atoms with Crippen LogP contribution in [0.1, 0.15) is 38.7 Å². The molecule has 27 heavy (non-hydrogen) atoms. The number of ether oxygens (including phenoxy) is 1. The zero-order chi connectivity index (χ0) is 19.1. The Kier molecular flexibility index (Phi) is 6.48. The number of aryl methyl sites for hydroxylation is 1. The monoisotopic (exact) mass is 361 g/mol. The van der Waals surface area contributed by atoms with Crippen molar-refractivity contribution in [3.8, 4) is 5.75 Å². The van der Waals surface area contributed by atoms with Crippen LogP contribution < -0.4 is 10.1 Å². The number of anilines is 1. The van der Waals surface area contributed by atoms with Crippen molar-refractivity contribution in [3.05, 3.63) is 72.3 Å². The van der Waals surface area contributed by atoms with Crippen molar-refractivity contribution < 1.29 is 9.53 Å². The Morgan fingerprint density at radius 1 is 0.963 bits per heavy atom. The molecule has 0 saturated carbocycles. The van der Waals surface area contributed by atoms with Gasteiger partial charge in [-0.15, -0.1) is 0 Å². The SMILES string of the molecule is CCCCc1ccc(NC(=O)[C@@H](CC)Oc2cccc3ccccc23)cc1. The second-order valence-corrected chi connectivity index (χ2v) is 6.78. The molecule has 1 amide bonds. The fourth-order valence-electron chi connectivity index (χ4n) is 3.13. The number of amides is 1. The summed E-state index contributed by atoms with van der Waals surface area (Å²) in [6, 6.07) is 22.1. The molecule has 0 fully saturated rings. The Morgan fingerprint density at radius 2 is 1.70 bits per heavy atom. The quantitative estimate of drug-likeness (QED) is 0.536. The van der Waals surface area contributed by atoms with Crippen LogP contribution in [0.2, 0.25) is 0 Å². The summed E-state index contributed by atoms with van der Waals surface area (Å²) in [5, 5.41) is 5.11. The molecule has 0 aromatic heterocycles. The number of unbranched alkanes of at least 4 members (excludes halogenated alkanes) is 1. The minimum atomic E-state index is -0.532. The number of nitrogens with one attached hydrogen (secondary N) is 1. The molecule has 1 N–H and O–H groups in total. The number of benzene rings is 3. The van der Waals surface area contributed by atoms with Gasteiger partial charge < -0.3 is 10.1 Å². The molecular formula is C24H27NO2. The van der Waals surface area contributed by atoms with Gasteiger partial charge in [-0.3, -0.25) is 4.79 Å². The molecule has 0 heterocycles. The third kappa shape index (κ3) is 4.88. The zero-order valence-corrected chi connectivity index (χ0v) is 16.1. The molecule has 0 saturated heterocycles. The summed E-state index contributed by atoms with van der Waals surface area (Å²) in [6.07, 6.45) is 3.51. The fourth-order valence-corrected chi connectivity index (χ4v) is 3.13. The van der Waals surface area contributed by atoms with Crippen LogP contribution >= 0.6 is 0 Å². The third-order valence-electron chi connectivity index (χ3n) is 4.72. The molecule has 1 atom stereocenters. The normalized spacial score (nSPS) is 11.9. The van der Waals surface area contributed by atoms with E-state index in [-0.39, 0.29) is 5.91 Å². The van der Waals surface area contributed by atoms with E-state index < -0.39 is 6.10 Å². The van der Waals surface area contributed by atoms with Gasteiger partial charge in [0.25, 0.3) is 5.91 Å². The van der Waals surface area contributed by atoms with Crippen LogP contribution in [0.25, 0.3) is 10.8 Å². The Bertz CT molecular complexity index is 881. The fraction of sp³-hybridized carbons (Fsp3) is 0.292. The van der Waals surface area contributed by atoms with Crippen LogP contribution in [0.5, 0.6) is 5.75 Å². The van der Waals surface area contributed by atoms with Gasteiger partial charge in [-0.25, -0.2) is 0 Å². The lowest BCUT2D eigenvalue weighted by Crippen LogP contribution is -2.32. The minimum Gasteiger partial charge on any atom is -0.480 e. The molecule has 0 radical (unpaired) electrons. The maximum absolute atomic E-state index is 12.7. The van der Waals surface area contributed by atoms with Gasteiger partial charge in [-0.1, -0.05) is 68.8 Å². The number of hydrogen-bond donors (Lipinski definition) is 1. The molecule has 0 aliphatic carbocycles. The minimum absolute atomic E-state index is 0.119. The maximum atomic E-state index is 12.7. The van der Waals surface area contributed by atoms with Gasteiger partial charge in [0.2, 0.25) is 0 Å². The molecule has 0 unspecified atom stereocenters. The van der Waals surface area contributed by atoms with Gasteiger partial charge in [0, 0.05) is 11.1 Å². The molecule has 3 nitrogen and oxygen atoms in total. The molecular weight excluding hydrogens is 334 g/mol. The average Bonchev–Trinajstić information content (AvgIpc) is 2.71. The summed E-state index contributed by atoms with van der Waals surface area (Å²) >= 11 is 0. The zero-order valence-electron chi connectivity index (χ0n) is 16.1. The highest BCUT2D eigenvalue weighted by Crippen LogP contribution is 2.26. The second-order valence-electron chi connectivity index (χ2n) is 6.78. The highest BCUT2D eigenvalue weighted by molar-refractivity contribution is 5.95. The molecule has 0 aliphatic heterocycles. The number of carbonyl (C=O) groups excluding carboxylic acids is 1. The first-order chi connectivity index (χ1) is 13.2.